The Morgan fingerprint density at radius 2 is 1.93 bits per heavy atom. The Balaban J connectivity index is 1.99. The first-order valence-electron chi connectivity index (χ1n) is 8.86. The summed E-state index contributed by atoms with van der Waals surface area (Å²) in [5.41, 5.74) is 1.58. The lowest BCUT2D eigenvalue weighted by Crippen LogP contribution is -2.30. The van der Waals surface area contributed by atoms with E-state index >= 15 is 0 Å². The summed E-state index contributed by atoms with van der Waals surface area (Å²) in [7, 11) is 0. The molecule has 8 heteroatoms. The minimum atomic E-state index is -0.366. The van der Waals surface area contributed by atoms with Crippen LogP contribution < -0.4 is 10.6 Å². The van der Waals surface area contributed by atoms with Gasteiger partial charge in [-0.3, -0.25) is 4.98 Å². The maximum absolute atomic E-state index is 14.3. The SMILES string of the molecule is CC(C)[C@@H](CO)Nc1nc(Nc2ccc(I)cc2F)cc(-c2ccccn2)n1. The summed E-state index contributed by atoms with van der Waals surface area (Å²) in [6, 6.07) is 12.0. The van der Waals surface area contributed by atoms with E-state index in [-0.39, 0.29) is 24.4 Å². The highest BCUT2D eigenvalue weighted by molar-refractivity contribution is 14.1. The average molecular weight is 493 g/mol. The van der Waals surface area contributed by atoms with E-state index in [0.717, 1.165) is 3.57 Å². The zero-order valence-electron chi connectivity index (χ0n) is 15.5. The van der Waals surface area contributed by atoms with Crippen molar-refractivity contribution in [3.05, 3.63) is 58.0 Å². The third-order valence-electron chi connectivity index (χ3n) is 4.16. The molecule has 0 spiro atoms. The molecule has 0 aliphatic rings. The van der Waals surface area contributed by atoms with Crippen molar-refractivity contribution < 1.29 is 9.50 Å². The van der Waals surface area contributed by atoms with Gasteiger partial charge in [-0.1, -0.05) is 19.9 Å². The van der Waals surface area contributed by atoms with E-state index in [9.17, 15) is 9.50 Å². The zero-order valence-corrected chi connectivity index (χ0v) is 17.7. The fourth-order valence-corrected chi connectivity index (χ4v) is 2.99. The average Bonchev–Trinajstić information content (AvgIpc) is 2.68. The highest BCUT2D eigenvalue weighted by Gasteiger charge is 2.16. The molecule has 0 saturated heterocycles. The summed E-state index contributed by atoms with van der Waals surface area (Å²) >= 11 is 2.06. The van der Waals surface area contributed by atoms with Crippen molar-refractivity contribution in [3.63, 3.8) is 0 Å². The topological polar surface area (TPSA) is 83.0 Å². The number of hydrogen-bond donors (Lipinski definition) is 3. The molecule has 1 atom stereocenters. The van der Waals surface area contributed by atoms with Gasteiger partial charge in [-0.15, -0.1) is 0 Å². The minimum absolute atomic E-state index is 0.0522. The van der Waals surface area contributed by atoms with Gasteiger partial charge in [0.15, 0.2) is 0 Å². The standard InChI is InChI=1S/C20H21FIN5O/c1-12(2)18(11-28)26-20-25-17(16-5-3-4-8-23-16)10-19(27-20)24-15-7-6-13(22)9-14(15)21/h3-10,12,18,28H,11H2,1-2H3,(H2,24,25,26,27)/t18-/m1/s1. The first kappa shape index (κ1) is 20.4. The molecular weight excluding hydrogens is 472 g/mol. The van der Waals surface area contributed by atoms with Crippen LogP contribution in [0.15, 0.2) is 48.7 Å². The second kappa shape index (κ2) is 9.24. The fourth-order valence-electron chi connectivity index (χ4n) is 2.54. The van der Waals surface area contributed by atoms with Gasteiger partial charge in [0, 0.05) is 15.8 Å². The number of anilines is 3. The summed E-state index contributed by atoms with van der Waals surface area (Å²) in [5.74, 6) is 0.579. The summed E-state index contributed by atoms with van der Waals surface area (Å²) in [5, 5.41) is 15.8. The molecule has 1 aromatic carbocycles. The van der Waals surface area contributed by atoms with Crippen LogP contribution in [-0.4, -0.2) is 32.7 Å². The highest BCUT2D eigenvalue weighted by atomic mass is 127. The van der Waals surface area contributed by atoms with Gasteiger partial charge in [-0.05, 0) is 58.8 Å². The number of aromatic nitrogens is 3. The minimum Gasteiger partial charge on any atom is -0.394 e. The third kappa shape index (κ3) is 5.14. The van der Waals surface area contributed by atoms with E-state index < -0.39 is 0 Å². The normalized spacial score (nSPS) is 12.1. The molecular formula is C20H21FIN5O. The van der Waals surface area contributed by atoms with Gasteiger partial charge in [0.1, 0.15) is 11.6 Å². The molecule has 0 fully saturated rings. The smallest absolute Gasteiger partial charge is 0.225 e. The molecule has 0 amide bonds. The molecule has 146 valence electrons. The van der Waals surface area contributed by atoms with Gasteiger partial charge < -0.3 is 15.7 Å². The number of benzene rings is 1. The second-order valence-corrected chi connectivity index (χ2v) is 7.85. The Bertz CT molecular complexity index is 939. The summed E-state index contributed by atoms with van der Waals surface area (Å²) in [6.45, 7) is 3.94. The van der Waals surface area contributed by atoms with Gasteiger partial charge in [-0.2, -0.15) is 4.98 Å². The Morgan fingerprint density at radius 3 is 2.57 bits per heavy atom. The van der Waals surface area contributed by atoms with Crippen molar-refractivity contribution >= 4 is 40.0 Å². The van der Waals surface area contributed by atoms with Crippen LogP contribution in [0.1, 0.15) is 13.8 Å². The van der Waals surface area contributed by atoms with Gasteiger partial charge >= 0.3 is 0 Å². The lowest BCUT2D eigenvalue weighted by atomic mass is 10.1. The number of aliphatic hydroxyl groups is 1. The molecule has 28 heavy (non-hydrogen) atoms. The van der Waals surface area contributed by atoms with Gasteiger partial charge in [-0.25, -0.2) is 9.37 Å². The van der Waals surface area contributed by atoms with Crippen molar-refractivity contribution in [2.24, 2.45) is 5.92 Å². The first-order chi connectivity index (χ1) is 13.5. The Kier molecular flexibility index (Phi) is 6.74. The van der Waals surface area contributed by atoms with Crippen molar-refractivity contribution in [2.75, 3.05) is 17.2 Å². The number of rotatable bonds is 7. The lowest BCUT2D eigenvalue weighted by molar-refractivity contribution is 0.248. The Morgan fingerprint density at radius 1 is 1.11 bits per heavy atom. The number of nitrogens with one attached hydrogen (secondary N) is 2. The van der Waals surface area contributed by atoms with Crippen LogP contribution in [-0.2, 0) is 0 Å². The monoisotopic (exact) mass is 493 g/mol. The number of pyridine rings is 1. The van der Waals surface area contributed by atoms with E-state index in [4.69, 9.17) is 0 Å². The third-order valence-corrected chi connectivity index (χ3v) is 4.83. The maximum atomic E-state index is 14.3. The second-order valence-electron chi connectivity index (χ2n) is 6.60. The molecule has 0 saturated carbocycles. The van der Waals surface area contributed by atoms with Gasteiger partial charge in [0.25, 0.3) is 0 Å². The van der Waals surface area contributed by atoms with Crippen LogP contribution in [0.4, 0.5) is 21.8 Å². The lowest BCUT2D eigenvalue weighted by Gasteiger charge is -2.20. The van der Waals surface area contributed by atoms with Crippen molar-refractivity contribution in [1.29, 1.82) is 0 Å². The quantitative estimate of drug-likeness (QED) is 0.422. The molecule has 3 aromatic rings. The van der Waals surface area contributed by atoms with Crippen molar-refractivity contribution in [2.45, 2.75) is 19.9 Å². The van der Waals surface area contributed by atoms with E-state index in [0.29, 0.717) is 28.8 Å². The van der Waals surface area contributed by atoms with Crippen LogP contribution in [0.2, 0.25) is 0 Å². The van der Waals surface area contributed by atoms with Gasteiger partial charge in [0.2, 0.25) is 5.95 Å². The summed E-state index contributed by atoms with van der Waals surface area (Å²) in [6.07, 6.45) is 1.68. The molecule has 3 rings (SSSR count). The summed E-state index contributed by atoms with van der Waals surface area (Å²) in [4.78, 5) is 13.3. The molecule has 3 N–H and O–H groups in total. The van der Waals surface area contributed by atoms with Crippen LogP contribution in [0, 0.1) is 15.3 Å². The molecule has 2 aromatic heterocycles. The van der Waals surface area contributed by atoms with E-state index in [2.05, 4.69) is 48.2 Å². The predicted octanol–water partition coefficient (Wildman–Crippen LogP) is 4.45. The van der Waals surface area contributed by atoms with Crippen LogP contribution in [0.3, 0.4) is 0 Å². The number of aliphatic hydroxyl groups excluding tert-OH is 1. The molecule has 0 radical (unpaired) electrons. The first-order valence-corrected chi connectivity index (χ1v) is 9.94. The fraction of sp³-hybridized carbons (Fsp3) is 0.250. The largest absolute Gasteiger partial charge is 0.394 e. The number of hydrogen-bond acceptors (Lipinski definition) is 6. The number of nitrogens with zero attached hydrogens (tertiary/aromatic N) is 3. The molecule has 2 heterocycles. The van der Waals surface area contributed by atoms with E-state index in [1.165, 1.54) is 6.07 Å². The molecule has 0 aliphatic carbocycles. The van der Waals surface area contributed by atoms with E-state index in [1.54, 1.807) is 18.3 Å². The Labute approximate surface area is 176 Å². The van der Waals surface area contributed by atoms with E-state index in [1.807, 2.05) is 38.1 Å². The maximum Gasteiger partial charge on any atom is 0.225 e. The molecule has 0 aliphatic heterocycles. The van der Waals surface area contributed by atoms with Gasteiger partial charge in [0.05, 0.1) is 29.7 Å². The molecule has 0 unspecified atom stereocenters. The summed E-state index contributed by atoms with van der Waals surface area (Å²) < 4.78 is 15.1. The van der Waals surface area contributed by atoms with Crippen molar-refractivity contribution in [1.82, 2.24) is 15.0 Å². The zero-order chi connectivity index (χ0) is 20.1. The molecule has 6 nitrogen and oxygen atoms in total. The van der Waals surface area contributed by atoms with Crippen LogP contribution in [0.25, 0.3) is 11.4 Å². The highest BCUT2D eigenvalue weighted by Crippen LogP contribution is 2.25. The number of halogens is 2. The van der Waals surface area contributed by atoms with Crippen molar-refractivity contribution in [3.8, 4) is 11.4 Å². The van der Waals surface area contributed by atoms with Crippen LogP contribution in [0.5, 0.6) is 0 Å². The Hall–Kier alpha value is -2.33. The molecule has 0 bridgehead atoms. The van der Waals surface area contributed by atoms with Crippen LogP contribution >= 0.6 is 22.6 Å². The predicted molar refractivity (Wildman–Crippen MR) is 117 cm³/mol.